The van der Waals surface area contributed by atoms with E-state index in [0.29, 0.717) is 17.1 Å². The molecule has 0 amide bonds. The molecule has 0 spiro atoms. The summed E-state index contributed by atoms with van der Waals surface area (Å²) in [5.74, 6) is 0.289. The summed E-state index contributed by atoms with van der Waals surface area (Å²) in [4.78, 5) is 12.0. The van der Waals surface area contributed by atoms with Crippen LogP contribution in [-0.2, 0) is 0 Å². The first-order valence-electron chi connectivity index (χ1n) is 7.83. The molecule has 0 radical (unpaired) electrons. The van der Waals surface area contributed by atoms with Gasteiger partial charge in [-0.1, -0.05) is 18.2 Å². The summed E-state index contributed by atoms with van der Waals surface area (Å²) in [6.07, 6.45) is 10.2. The Kier molecular flexibility index (Phi) is 4.95. The minimum atomic E-state index is -0.293. The smallest absolute Gasteiger partial charge is 0.140 e. The molecule has 124 valence electrons. The maximum atomic E-state index is 13.3. The number of allylic oxidation sites excluding steroid dienone is 4. The molecule has 0 atom stereocenters. The van der Waals surface area contributed by atoms with Crippen molar-refractivity contribution in [1.82, 2.24) is 15.0 Å². The third kappa shape index (κ3) is 3.61. The van der Waals surface area contributed by atoms with Crippen LogP contribution in [-0.4, -0.2) is 21.2 Å². The lowest BCUT2D eigenvalue weighted by Crippen LogP contribution is -1.88. The predicted molar refractivity (Wildman–Crippen MR) is 98.8 cm³/mol. The second-order valence-corrected chi connectivity index (χ2v) is 5.34. The number of nitrogens with one attached hydrogen (secondary N) is 2. The van der Waals surface area contributed by atoms with Gasteiger partial charge < -0.3 is 10.4 Å². The average Bonchev–Trinajstić information content (AvgIpc) is 3.09. The number of hydrogen-bond acceptors (Lipinski definition) is 3. The second-order valence-electron chi connectivity index (χ2n) is 5.34. The molecule has 0 unspecified atom stereocenters. The van der Waals surface area contributed by atoms with Gasteiger partial charge in [0.2, 0.25) is 0 Å². The van der Waals surface area contributed by atoms with Crippen LogP contribution in [0.15, 0.2) is 67.0 Å². The van der Waals surface area contributed by atoms with Crippen molar-refractivity contribution in [3.63, 3.8) is 0 Å². The molecule has 3 aromatic rings. The standard InChI is InChI=1S/C20H17FN4/c1-2-3-4-16(13-22)20-24-18(14-5-7-17(21)8-6-14)19(25-20)15-9-11-23-12-10-15/h2-13,22H,1H3,(H,24,25). The van der Waals surface area contributed by atoms with Crippen LogP contribution in [0.4, 0.5) is 4.39 Å². The molecular formula is C20H17FN4. The van der Waals surface area contributed by atoms with Crippen LogP contribution >= 0.6 is 0 Å². The number of aromatic amines is 1. The van der Waals surface area contributed by atoms with E-state index in [1.165, 1.54) is 18.3 Å². The van der Waals surface area contributed by atoms with Crippen molar-refractivity contribution in [3.8, 4) is 22.5 Å². The van der Waals surface area contributed by atoms with Crippen LogP contribution in [0.2, 0.25) is 0 Å². The van der Waals surface area contributed by atoms with E-state index in [2.05, 4.69) is 15.0 Å². The number of halogens is 1. The third-order valence-corrected chi connectivity index (χ3v) is 3.69. The zero-order chi connectivity index (χ0) is 17.6. The summed E-state index contributed by atoms with van der Waals surface area (Å²) in [6.45, 7) is 1.91. The zero-order valence-corrected chi connectivity index (χ0v) is 13.7. The first-order valence-corrected chi connectivity index (χ1v) is 7.83. The molecule has 2 N–H and O–H groups in total. The number of benzene rings is 1. The maximum Gasteiger partial charge on any atom is 0.140 e. The fraction of sp³-hybridized carbons (Fsp3) is 0.0500. The minimum Gasteiger partial charge on any atom is -0.337 e. The molecule has 0 aliphatic carbocycles. The normalized spacial score (nSPS) is 11.8. The SMILES string of the molecule is CC=CC=C(C=N)c1nc(-c2ccc(F)cc2)c(-c2ccncc2)[nH]1. The Bertz CT molecular complexity index is 922. The lowest BCUT2D eigenvalue weighted by Gasteiger charge is -2.02. The maximum absolute atomic E-state index is 13.3. The molecule has 0 saturated carbocycles. The summed E-state index contributed by atoms with van der Waals surface area (Å²) in [6, 6.07) is 9.97. The summed E-state index contributed by atoms with van der Waals surface area (Å²) < 4.78 is 13.3. The summed E-state index contributed by atoms with van der Waals surface area (Å²) >= 11 is 0. The van der Waals surface area contributed by atoms with E-state index in [1.807, 2.05) is 37.3 Å². The van der Waals surface area contributed by atoms with Crippen molar-refractivity contribution >= 4 is 11.8 Å². The summed E-state index contributed by atoms with van der Waals surface area (Å²) in [7, 11) is 0. The van der Waals surface area contributed by atoms with Crippen molar-refractivity contribution in [2.45, 2.75) is 6.92 Å². The molecular weight excluding hydrogens is 315 g/mol. The number of H-pyrrole nitrogens is 1. The van der Waals surface area contributed by atoms with Gasteiger partial charge in [-0.25, -0.2) is 9.37 Å². The van der Waals surface area contributed by atoms with Gasteiger partial charge in [-0.15, -0.1) is 0 Å². The van der Waals surface area contributed by atoms with Gasteiger partial charge in [0, 0.05) is 35.3 Å². The Morgan fingerprint density at radius 2 is 1.80 bits per heavy atom. The molecule has 0 fully saturated rings. The molecule has 25 heavy (non-hydrogen) atoms. The molecule has 1 aromatic carbocycles. The quantitative estimate of drug-likeness (QED) is 0.516. The molecule has 2 heterocycles. The molecule has 0 saturated heterocycles. The third-order valence-electron chi connectivity index (χ3n) is 3.69. The highest BCUT2D eigenvalue weighted by Crippen LogP contribution is 2.31. The Morgan fingerprint density at radius 3 is 2.44 bits per heavy atom. The van der Waals surface area contributed by atoms with Crippen molar-refractivity contribution < 1.29 is 4.39 Å². The fourth-order valence-electron chi connectivity index (χ4n) is 2.45. The van der Waals surface area contributed by atoms with Gasteiger partial charge in [0.05, 0.1) is 11.4 Å². The van der Waals surface area contributed by atoms with Gasteiger partial charge in [0.1, 0.15) is 11.6 Å². The summed E-state index contributed by atoms with van der Waals surface area (Å²) in [5, 5.41) is 7.65. The number of aromatic nitrogens is 3. The van der Waals surface area contributed by atoms with Gasteiger partial charge in [-0.3, -0.25) is 4.98 Å². The summed E-state index contributed by atoms with van der Waals surface area (Å²) in [5.41, 5.74) is 3.88. The van der Waals surface area contributed by atoms with Crippen LogP contribution in [0.3, 0.4) is 0 Å². The number of hydrogen-bond donors (Lipinski definition) is 2. The Balaban J connectivity index is 2.18. The van der Waals surface area contributed by atoms with Gasteiger partial charge in [0.15, 0.2) is 0 Å². The molecule has 0 aliphatic heterocycles. The topological polar surface area (TPSA) is 65.4 Å². The number of imidazole rings is 1. The van der Waals surface area contributed by atoms with Crippen LogP contribution < -0.4 is 0 Å². The van der Waals surface area contributed by atoms with Crippen molar-refractivity contribution in [1.29, 1.82) is 5.41 Å². The van der Waals surface area contributed by atoms with Gasteiger partial charge in [0.25, 0.3) is 0 Å². The Labute approximate surface area is 145 Å². The monoisotopic (exact) mass is 332 g/mol. The largest absolute Gasteiger partial charge is 0.337 e. The van der Waals surface area contributed by atoms with Crippen molar-refractivity contribution in [2.24, 2.45) is 0 Å². The van der Waals surface area contributed by atoms with Crippen molar-refractivity contribution in [2.75, 3.05) is 0 Å². The van der Waals surface area contributed by atoms with E-state index in [9.17, 15) is 4.39 Å². The van der Waals surface area contributed by atoms with Gasteiger partial charge in [-0.05, 0) is 43.3 Å². The lowest BCUT2D eigenvalue weighted by atomic mass is 10.1. The molecule has 0 aliphatic rings. The first-order chi connectivity index (χ1) is 12.2. The average molecular weight is 332 g/mol. The Morgan fingerprint density at radius 1 is 1.08 bits per heavy atom. The minimum absolute atomic E-state index is 0.293. The molecule has 4 nitrogen and oxygen atoms in total. The molecule has 0 bridgehead atoms. The number of pyridine rings is 1. The number of rotatable bonds is 5. The van der Waals surface area contributed by atoms with Crippen LogP contribution in [0.5, 0.6) is 0 Å². The van der Waals surface area contributed by atoms with Crippen molar-refractivity contribution in [3.05, 3.63) is 78.7 Å². The molecule has 2 aromatic heterocycles. The van der Waals surface area contributed by atoms with Gasteiger partial charge in [-0.2, -0.15) is 0 Å². The first kappa shape index (κ1) is 16.5. The second kappa shape index (κ2) is 7.49. The van der Waals surface area contributed by atoms with Crippen LogP contribution in [0, 0.1) is 11.2 Å². The van der Waals surface area contributed by atoms with Crippen LogP contribution in [0.1, 0.15) is 12.7 Å². The van der Waals surface area contributed by atoms with E-state index in [4.69, 9.17) is 5.41 Å². The van der Waals surface area contributed by atoms with E-state index < -0.39 is 0 Å². The highest BCUT2D eigenvalue weighted by molar-refractivity contribution is 6.07. The highest BCUT2D eigenvalue weighted by Gasteiger charge is 2.15. The van der Waals surface area contributed by atoms with E-state index >= 15 is 0 Å². The van der Waals surface area contributed by atoms with E-state index in [-0.39, 0.29) is 5.82 Å². The predicted octanol–water partition coefficient (Wildman–Crippen LogP) is 4.89. The van der Waals surface area contributed by atoms with Gasteiger partial charge >= 0.3 is 0 Å². The van der Waals surface area contributed by atoms with Crippen LogP contribution in [0.25, 0.3) is 28.1 Å². The Hall–Kier alpha value is -3.34. The fourth-order valence-corrected chi connectivity index (χ4v) is 2.45. The molecule has 3 rings (SSSR count). The van der Waals surface area contributed by atoms with E-state index in [1.54, 1.807) is 24.5 Å². The highest BCUT2D eigenvalue weighted by atomic mass is 19.1. The number of nitrogens with zero attached hydrogens (tertiary/aromatic N) is 2. The molecule has 5 heteroatoms. The van der Waals surface area contributed by atoms with E-state index in [0.717, 1.165) is 16.8 Å². The lowest BCUT2D eigenvalue weighted by molar-refractivity contribution is 0.628. The zero-order valence-electron chi connectivity index (χ0n) is 13.7.